The van der Waals surface area contributed by atoms with E-state index >= 15 is 0 Å². The lowest BCUT2D eigenvalue weighted by Gasteiger charge is -2.20. The first-order valence-corrected chi connectivity index (χ1v) is 6.14. The number of anilines is 1. The zero-order valence-corrected chi connectivity index (χ0v) is 11.0. The molecule has 1 N–H and O–H groups in total. The highest BCUT2D eigenvalue weighted by atomic mass is 16.6. The Labute approximate surface area is 111 Å². The minimum atomic E-state index is -0.453. The third kappa shape index (κ3) is 2.93. The van der Waals surface area contributed by atoms with Crippen LogP contribution in [-0.4, -0.2) is 36.3 Å². The molecule has 0 amide bonds. The SMILES string of the molecule is COc1ccc([N+](=O)[O-])c(NC2CCCC2OC)n1. The summed E-state index contributed by atoms with van der Waals surface area (Å²) in [5, 5.41) is 14.1. The van der Waals surface area contributed by atoms with E-state index in [1.807, 2.05) is 0 Å². The van der Waals surface area contributed by atoms with Gasteiger partial charge in [0, 0.05) is 19.2 Å². The van der Waals surface area contributed by atoms with Gasteiger partial charge in [0.05, 0.1) is 24.2 Å². The van der Waals surface area contributed by atoms with Crippen molar-refractivity contribution in [3.05, 3.63) is 22.2 Å². The maximum atomic E-state index is 11.0. The molecule has 7 nitrogen and oxygen atoms in total. The van der Waals surface area contributed by atoms with Crippen molar-refractivity contribution < 1.29 is 14.4 Å². The highest BCUT2D eigenvalue weighted by Gasteiger charge is 2.29. The quantitative estimate of drug-likeness (QED) is 0.648. The molecule has 1 saturated carbocycles. The Bertz CT molecular complexity index is 466. The lowest BCUT2D eigenvalue weighted by molar-refractivity contribution is -0.384. The topological polar surface area (TPSA) is 86.5 Å². The second-order valence-electron chi connectivity index (χ2n) is 4.43. The molecule has 1 fully saturated rings. The molecule has 0 bridgehead atoms. The number of hydrogen-bond donors (Lipinski definition) is 1. The van der Waals surface area contributed by atoms with Gasteiger partial charge in [-0.15, -0.1) is 0 Å². The van der Waals surface area contributed by atoms with Crippen molar-refractivity contribution in [3.63, 3.8) is 0 Å². The van der Waals surface area contributed by atoms with Crippen molar-refractivity contribution >= 4 is 11.5 Å². The van der Waals surface area contributed by atoms with Gasteiger partial charge in [-0.2, -0.15) is 4.98 Å². The van der Waals surface area contributed by atoms with Crippen LogP contribution in [0.5, 0.6) is 5.88 Å². The summed E-state index contributed by atoms with van der Waals surface area (Å²) < 4.78 is 10.4. The summed E-state index contributed by atoms with van der Waals surface area (Å²) in [4.78, 5) is 14.7. The molecule has 7 heteroatoms. The molecule has 1 heterocycles. The largest absolute Gasteiger partial charge is 0.481 e. The molecule has 2 unspecified atom stereocenters. The van der Waals surface area contributed by atoms with Crippen molar-refractivity contribution in [1.29, 1.82) is 0 Å². The molecule has 0 spiro atoms. The summed E-state index contributed by atoms with van der Waals surface area (Å²) in [7, 11) is 3.13. The van der Waals surface area contributed by atoms with E-state index in [0.29, 0.717) is 5.88 Å². The number of aromatic nitrogens is 1. The molecule has 1 aliphatic rings. The lowest BCUT2D eigenvalue weighted by atomic mass is 10.2. The molecule has 0 radical (unpaired) electrons. The second-order valence-corrected chi connectivity index (χ2v) is 4.43. The molecule has 1 aromatic rings. The first kappa shape index (κ1) is 13.5. The molecule has 19 heavy (non-hydrogen) atoms. The molecule has 0 aromatic carbocycles. The van der Waals surface area contributed by atoms with Gasteiger partial charge < -0.3 is 14.8 Å². The van der Waals surface area contributed by atoms with Gasteiger partial charge in [0.15, 0.2) is 0 Å². The third-order valence-corrected chi connectivity index (χ3v) is 3.33. The van der Waals surface area contributed by atoms with Gasteiger partial charge in [-0.3, -0.25) is 10.1 Å². The number of nitrogens with zero attached hydrogens (tertiary/aromatic N) is 2. The van der Waals surface area contributed by atoms with Crippen molar-refractivity contribution in [3.8, 4) is 5.88 Å². The zero-order valence-electron chi connectivity index (χ0n) is 11.0. The van der Waals surface area contributed by atoms with Crippen LogP contribution in [-0.2, 0) is 4.74 Å². The van der Waals surface area contributed by atoms with Gasteiger partial charge in [-0.25, -0.2) is 0 Å². The molecular formula is C12H17N3O4. The molecule has 1 aromatic heterocycles. The fraction of sp³-hybridized carbons (Fsp3) is 0.583. The summed E-state index contributed by atoms with van der Waals surface area (Å²) in [6.07, 6.45) is 2.96. The Morgan fingerprint density at radius 3 is 2.84 bits per heavy atom. The predicted molar refractivity (Wildman–Crippen MR) is 69.5 cm³/mol. The minimum Gasteiger partial charge on any atom is -0.481 e. The zero-order chi connectivity index (χ0) is 13.8. The van der Waals surface area contributed by atoms with Crippen LogP contribution in [0.2, 0.25) is 0 Å². The van der Waals surface area contributed by atoms with Gasteiger partial charge >= 0.3 is 5.69 Å². The Morgan fingerprint density at radius 1 is 1.42 bits per heavy atom. The molecule has 1 aliphatic carbocycles. The Morgan fingerprint density at radius 2 is 2.21 bits per heavy atom. The van der Waals surface area contributed by atoms with E-state index in [1.165, 1.54) is 19.2 Å². The van der Waals surface area contributed by atoms with Crippen LogP contribution >= 0.6 is 0 Å². The van der Waals surface area contributed by atoms with Gasteiger partial charge in [0.2, 0.25) is 11.7 Å². The average molecular weight is 267 g/mol. The summed E-state index contributed by atoms with van der Waals surface area (Å²) in [5.74, 6) is 0.582. The molecule has 0 aliphatic heterocycles. The Hall–Kier alpha value is -1.89. The van der Waals surface area contributed by atoms with Crippen LogP contribution in [0, 0.1) is 10.1 Å². The van der Waals surface area contributed by atoms with Gasteiger partial charge in [-0.1, -0.05) is 0 Å². The standard InChI is InChI=1S/C12H17N3O4/c1-18-10-5-3-4-8(10)13-12-9(15(16)17)6-7-11(14-12)19-2/h6-8,10H,3-5H2,1-2H3,(H,13,14). The average Bonchev–Trinajstić information content (AvgIpc) is 2.85. The van der Waals surface area contributed by atoms with E-state index in [1.54, 1.807) is 7.11 Å². The normalized spacial score (nSPS) is 22.2. The predicted octanol–water partition coefficient (Wildman–Crippen LogP) is 1.98. The fourth-order valence-corrected chi connectivity index (χ4v) is 2.35. The monoisotopic (exact) mass is 267 g/mol. The summed E-state index contributed by atoms with van der Waals surface area (Å²) in [6, 6.07) is 2.92. The van der Waals surface area contributed by atoms with Crippen LogP contribution in [0.1, 0.15) is 19.3 Å². The van der Waals surface area contributed by atoms with Crippen molar-refractivity contribution in [2.75, 3.05) is 19.5 Å². The number of methoxy groups -OCH3 is 2. The maximum Gasteiger partial charge on any atom is 0.311 e. The molecular weight excluding hydrogens is 250 g/mol. The second kappa shape index (κ2) is 5.83. The maximum absolute atomic E-state index is 11.0. The Balaban J connectivity index is 2.24. The van der Waals surface area contributed by atoms with E-state index in [4.69, 9.17) is 9.47 Å². The number of pyridine rings is 1. The minimum absolute atomic E-state index is 0.0447. The van der Waals surface area contributed by atoms with E-state index in [0.717, 1.165) is 19.3 Å². The first-order chi connectivity index (χ1) is 9.15. The molecule has 2 rings (SSSR count). The highest BCUT2D eigenvalue weighted by molar-refractivity contribution is 5.57. The van der Waals surface area contributed by atoms with Crippen molar-refractivity contribution in [2.45, 2.75) is 31.4 Å². The summed E-state index contributed by atoms with van der Waals surface area (Å²) >= 11 is 0. The van der Waals surface area contributed by atoms with Gasteiger partial charge in [0.25, 0.3) is 0 Å². The summed E-state index contributed by atoms with van der Waals surface area (Å²) in [6.45, 7) is 0. The summed E-state index contributed by atoms with van der Waals surface area (Å²) in [5.41, 5.74) is -0.0532. The van der Waals surface area contributed by atoms with E-state index < -0.39 is 4.92 Å². The van der Waals surface area contributed by atoms with Crippen LogP contribution in [0.4, 0.5) is 11.5 Å². The van der Waals surface area contributed by atoms with E-state index in [9.17, 15) is 10.1 Å². The fourth-order valence-electron chi connectivity index (χ4n) is 2.35. The van der Waals surface area contributed by atoms with Gasteiger partial charge in [-0.05, 0) is 19.3 Å². The first-order valence-electron chi connectivity index (χ1n) is 6.14. The lowest BCUT2D eigenvalue weighted by Crippen LogP contribution is -2.30. The van der Waals surface area contributed by atoms with E-state index in [-0.39, 0.29) is 23.7 Å². The third-order valence-electron chi connectivity index (χ3n) is 3.33. The number of nitrogens with one attached hydrogen (secondary N) is 1. The highest BCUT2D eigenvalue weighted by Crippen LogP contribution is 2.30. The number of ether oxygens (including phenoxy) is 2. The molecule has 2 atom stereocenters. The molecule has 104 valence electrons. The van der Waals surface area contributed by atoms with Crippen molar-refractivity contribution in [1.82, 2.24) is 4.98 Å². The number of hydrogen-bond acceptors (Lipinski definition) is 6. The van der Waals surface area contributed by atoms with Crippen LogP contribution in [0.3, 0.4) is 0 Å². The van der Waals surface area contributed by atoms with E-state index in [2.05, 4.69) is 10.3 Å². The number of nitro groups is 1. The van der Waals surface area contributed by atoms with Crippen LogP contribution < -0.4 is 10.1 Å². The Kier molecular flexibility index (Phi) is 4.16. The van der Waals surface area contributed by atoms with Crippen LogP contribution in [0.15, 0.2) is 12.1 Å². The smallest absolute Gasteiger partial charge is 0.311 e. The van der Waals surface area contributed by atoms with Crippen LogP contribution in [0.25, 0.3) is 0 Å². The number of rotatable bonds is 5. The van der Waals surface area contributed by atoms with Gasteiger partial charge in [0.1, 0.15) is 0 Å². The van der Waals surface area contributed by atoms with Crippen molar-refractivity contribution in [2.24, 2.45) is 0 Å². The molecule has 0 saturated heterocycles.